The predicted octanol–water partition coefficient (Wildman–Crippen LogP) is 1.13. The average molecular weight is 214 g/mol. The standard InChI is InChI=1S/C11H10N4O/c16-13-11-10(9-5-2-1-3-6-9)12-15-8-4-7-14(11)15/h1-6,8,16H,7H2/b13-11+. The number of fused-ring (bicyclic) bond motifs is 1. The Hall–Kier alpha value is -2.30. The van der Waals surface area contributed by atoms with Gasteiger partial charge in [0.05, 0.1) is 6.54 Å². The van der Waals surface area contributed by atoms with Crippen molar-refractivity contribution in [3.63, 3.8) is 0 Å². The highest BCUT2D eigenvalue weighted by atomic mass is 16.4. The summed E-state index contributed by atoms with van der Waals surface area (Å²) in [4.78, 5) is 1.68. The molecule has 0 unspecified atom stereocenters. The van der Waals surface area contributed by atoms with Gasteiger partial charge in [0.25, 0.3) is 0 Å². The number of rotatable bonds is 1. The number of hydrogen-bond acceptors (Lipinski definition) is 3. The van der Waals surface area contributed by atoms with E-state index < -0.39 is 0 Å². The molecule has 0 aliphatic carbocycles. The Kier molecular flexibility index (Phi) is 1.89. The van der Waals surface area contributed by atoms with E-state index in [1.54, 1.807) is 9.48 Å². The fraction of sp³-hybridized carbons (Fsp3) is 0.0909. The molecule has 0 atom stereocenters. The molecule has 1 aliphatic heterocycles. The number of allylic oxidation sites excluding steroid dienone is 1. The predicted molar refractivity (Wildman–Crippen MR) is 58.3 cm³/mol. The van der Waals surface area contributed by atoms with Crippen LogP contribution in [-0.2, 0) is 6.54 Å². The van der Waals surface area contributed by atoms with Gasteiger partial charge in [-0.25, -0.2) is 4.68 Å². The lowest BCUT2D eigenvalue weighted by Gasteiger charge is -1.94. The molecular weight excluding hydrogens is 204 g/mol. The highest BCUT2D eigenvalue weighted by molar-refractivity contribution is 5.57. The highest BCUT2D eigenvalue weighted by Gasteiger charge is 2.14. The largest absolute Gasteiger partial charge is 0.409 e. The molecule has 1 aromatic carbocycles. The number of hydrogen-bond donors (Lipinski definition) is 1. The normalized spacial score (nSPS) is 14.4. The van der Waals surface area contributed by atoms with E-state index in [4.69, 9.17) is 5.21 Å². The molecule has 16 heavy (non-hydrogen) atoms. The Morgan fingerprint density at radius 2 is 2.06 bits per heavy atom. The van der Waals surface area contributed by atoms with Gasteiger partial charge in [-0.2, -0.15) is 4.80 Å². The molecule has 1 N–H and O–H groups in total. The van der Waals surface area contributed by atoms with E-state index in [1.807, 2.05) is 42.6 Å². The zero-order chi connectivity index (χ0) is 11.0. The molecule has 0 saturated heterocycles. The fourth-order valence-corrected chi connectivity index (χ4v) is 1.83. The van der Waals surface area contributed by atoms with Crippen molar-refractivity contribution >= 4 is 6.20 Å². The first-order valence-electron chi connectivity index (χ1n) is 5.00. The fourth-order valence-electron chi connectivity index (χ4n) is 1.83. The van der Waals surface area contributed by atoms with Crippen LogP contribution in [0.3, 0.4) is 0 Å². The van der Waals surface area contributed by atoms with E-state index in [-0.39, 0.29) is 0 Å². The molecule has 0 spiro atoms. The van der Waals surface area contributed by atoms with Crippen molar-refractivity contribution < 1.29 is 5.21 Å². The second kappa shape index (κ2) is 3.37. The Bertz CT molecular complexity index is 607. The lowest BCUT2D eigenvalue weighted by atomic mass is 10.2. The maximum absolute atomic E-state index is 9.06. The second-order valence-electron chi connectivity index (χ2n) is 3.53. The minimum Gasteiger partial charge on any atom is -0.409 e. The molecule has 0 radical (unpaired) electrons. The highest BCUT2D eigenvalue weighted by Crippen LogP contribution is 2.13. The van der Waals surface area contributed by atoms with E-state index in [0.717, 1.165) is 5.56 Å². The minimum atomic E-state index is 0.483. The summed E-state index contributed by atoms with van der Waals surface area (Å²) in [5.41, 5.74) is 2.11. The third-order valence-electron chi connectivity index (χ3n) is 2.57. The summed E-state index contributed by atoms with van der Waals surface area (Å²) in [7, 11) is 0. The van der Waals surface area contributed by atoms with Crippen molar-refractivity contribution in [1.29, 1.82) is 0 Å². The maximum Gasteiger partial charge on any atom is 0.216 e. The zero-order valence-electron chi connectivity index (χ0n) is 8.48. The van der Waals surface area contributed by atoms with Gasteiger partial charge in [0.15, 0.2) is 0 Å². The smallest absolute Gasteiger partial charge is 0.216 e. The van der Waals surface area contributed by atoms with E-state index in [0.29, 0.717) is 17.7 Å². The summed E-state index contributed by atoms with van der Waals surface area (Å²) in [5.74, 6) is 0. The van der Waals surface area contributed by atoms with E-state index in [9.17, 15) is 0 Å². The molecule has 3 rings (SSSR count). The van der Waals surface area contributed by atoms with Gasteiger partial charge in [0, 0.05) is 11.8 Å². The van der Waals surface area contributed by atoms with E-state index in [2.05, 4.69) is 10.3 Å². The first-order valence-corrected chi connectivity index (χ1v) is 5.00. The number of benzene rings is 1. The third-order valence-corrected chi connectivity index (χ3v) is 2.57. The SMILES string of the molecule is O/N=c1\c(-c2ccccc2)nn2n1CC=C2. The minimum absolute atomic E-state index is 0.483. The summed E-state index contributed by atoms with van der Waals surface area (Å²) >= 11 is 0. The summed E-state index contributed by atoms with van der Waals surface area (Å²) in [6.45, 7) is 0.680. The van der Waals surface area contributed by atoms with Gasteiger partial charge in [-0.1, -0.05) is 35.5 Å². The van der Waals surface area contributed by atoms with Crippen LogP contribution < -0.4 is 5.49 Å². The molecule has 2 aromatic rings. The first kappa shape index (κ1) is 8.96. The van der Waals surface area contributed by atoms with Crippen molar-refractivity contribution in [3.8, 4) is 11.3 Å². The molecule has 2 heterocycles. The van der Waals surface area contributed by atoms with E-state index in [1.165, 1.54) is 0 Å². The Morgan fingerprint density at radius 1 is 1.25 bits per heavy atom. The summed E-state index contributed by atoms with van der Waals surface area (Å²) < 4.78 is 1.79. The summed E-state index contributed by atoms with van der Waals surface area (Å²) in [6.07, 6.45) is 3.80. The van der Waals surface area contributed by atoms with Gasteiger partial charge in [-0.15, -0.1) is 5.10 Å². The van der Waals surface area contributed by atoms with Gasteiger partial charge >= 0.3 is 0 Å². The van der Waals surface area contributed by atoms with Crippen LogP contribution in [0.2, 0.25) is 0 Å². The van der Waals surface area contributed by atoms with Crippen molar-refractivity contribution in [2.75, 3.05) is 0 Å². The van der Waals surface area contributed by atoms with Gasteiger partial charge in [0.2, 0.25) is 5.49 Å². The second-order valence-corrected chi connectivity index (χ2v) is 3.53. The number of nitrogens with zero attached hydrogens (tertiary/aromatic N) is 4. The van der Waals surface area contributed by atoms with Gasteiger partial charge in [0.1, 0.15) is 5.69 Å². The summed E-state index contributed by atoms with van der Waals surface area (Å²) in [5, 5.41) is 16.7. The van der Waals surface area contributed by atoms with Crippen LogP contribution in [-0.4, -0.2) is 19.8 Å². The lowest BCUT2D eigenvalue weighted by molar-refractivity contribution is 0.292. The quantitative estimate of drug-likeness (QED) is 0.571. The van der Waals surface area contributed by atoms with Crippen LogP contribution >= 0.6 is 0 Å². The molecule has 5 heteroatoms. The topological polar surface area (TPSA) is 55.3 Å². The Morgan fingerprint density at radius 3 is 2.81 bits per heavy atom. The molecular formula is C11H10N4O. The number of aromatic nitrogens is 3. The average Bonchev–Trinajstić information content (AvgIpc) is 2.89. The lowest BCUT2D eigenvalue weighted by Crippen LogP contribution is -2.19. The molecule has 0 amide bonds. The molecule has 0 saturated carbocycles. The van der Waals surface area contributed by atoms with E-state index >= 15 is 0 Å². The molecule has 1 aliphatic rings. The van der Waals surface area contributed by atoms with Crippen molar-refractivity contribution in [3.05, 3.63) is 41.9 Å². The van der Waals surface area contributed by atoms with Gasteiger partial charge in [-0.05, 0) is 6.08 Å². The molecule has 80 valence electrons. The van der Waals surface area contributed by atoms with Gasteiger partial charge < -0.3 is 5.21 Å². The van der Waals surface area contributed by atoms with Crippen LogP contribution in [0, 0.1) is 0 Å². The molecule has 1 aromatic heterocycles. The van der Waals surface area contributed by atoms with Crippen LogP contribution in [0.15, 0.2) is 41.6 Å². The van der Waals surface area contributed by atoms with Crippen molar-refractivity contribution in [2.24, 2.45) is 5.16 Å². The maximum atomic E-state index is 9.06. The van der Waals surface area contributed by atoms with Crippen molar-refractivity contribution in [1.82, 2.24) is 14.6 Å². The van der Waals surface area contributed by atoms with Crippen LogP contribution in [0.4, 0.5) is 0 Å². The summed E-state index contributed by atoms with van der Waals surface area (Å²) in [6, 6.07) is 9.69. The van der Waals surface area contributed by atoms with Crippen molar-refractivity contribution in [2.45, 2.75) is 6.54 Å². The van der Waals surface area contributed by atoms with Crippen LogP contribution in [0.1, 0.15) is 0 Å². The molecule has 0 bridgehead atoms. The Labute approximate surface area is 91.5 Å². The molecule has 5 nitrogen and oxygen atoms in total. The third kappa shape index (κ3) is 1.18. The van der Waals surface area contributed by atoms with Crippen LogP contribution in [0.25, 0.3) is 17.5 Å². The van der Waals surface area contributed by atoms with Crippen LogP contribution in [0.5, 0.6) is 0 Å². The monoisotopic (exact) mass is 214 g/mol. The molecule has 0 fully saturated rings. The Balaban J connectivity index is 2.27. The zero-order valence-corrected chi connectivity index (χ0v) is 8.48. The first-order chi connectivity index (χ1) is 7.90. The van der Waals surface area contributed by atoms with Gasteiger partial charge in [-0.3, -0.25) is 0 Å².